The molecule has 0 atom stereocenters. The molecule has 1 heterocycles. The molecule has 0 unspecified atom stereocenters. The molecule has 1 aromatic heterocycles. The van der Waals surface area contributed by atoms with Crippen LogP contribution in [0.3, 0.4) is 0 Å². The lowest BCUT2D eigenvalue weighted by atomic mass is 10.0. The zero-order valence-electron chi connectivity index (χ0n) is 11.3. The summed E-state index contributed by atoms with van der Waals surface area (Å²) in [5.41, 5.74) is 0.562. The minimum absolute atomic E-state index is 0.216. The Balaban J connectivity index is 1.85. The van der Waals surface area contributed by atoms with Gasteiger partial charge >= 0.3 is 5.97 Å². The number of anilines is 1. The summed E-state index contributed by atoms with van der Waals surface area (Å²) in [6, 6.07) is 0. The molecule has 19 heavy (non-hydrogen) atoms. The fraction of sp³-hybridized carbons (Fsp3) is 0.615. The van der Waals surface area contributed by atoms with Crippen molar-refractivity contribution in [3.05, 3.63) is 18.1 Å². The third-order valence-electron chi connectivity index (χ3n) is 3.48. The second-order valence-corrected chi connectivity index (χ2v) is 4.87. The summed E-state index contributed by atoms with van der Waals surface area (Å²) in [6.07, 6.45) is 6.47. The molecule has 1 saturated carbocycles. The van der Waals surface area contributed by atoms with E-state index in [0.717, 1.165) is 19.6 Å². The van der Waals surface area contributed by atoms with Crippen LogP contribution in [0.25, 0.3) is 0 Å². The average molecular weight is 265 g/mol. The average Bonchev–Trinajstić information content (AvgIpc) is 3.23. The Hall–Kier alpha value is -1.69. The summed E-state index contributed by atoms with van der Waals surface area (Å²) >= 11 is 0. The van der Waals surface area contributed by atoms with E-state index in [9.17, 15) is 4.79 Å². The van der Waals surface area contributed by atoms with Crippen molar-refractivity contribution in [2.75, 3.05) is 32.7 Å². The van der Waals surface area contributed by atoms with Gasteiger partial charge in [-0.1, -0.05) is 0 Å². The highest BCUT2D eigenvalue weighted by atomic mass is 16.5. The lowest BCUT2D eigenvalue weighted by Crippen LogP contribution is -2.18. The molecule has 1 aliphatic rings. The maximum atomic E-state index is 11.2. The van der Waals surface area contributed by atoms with Crippen molar-refractivity contribution in [1.82, 2.24) is 9.97 Å². The largest absolute Gasteiger partial charge is 0.464 e. The van der Waals surface area contributed by atoms with Gasteiger partial charge in [0, 0.05) is 20.3 Å². The molecule has 1 aromatic rings. The molecule has 0 radical (unpaired) electrons. The number of methoxy groups -OCH3 is 2. The smallest absolute Gasteiger partial charge is 0.358 e. The van der Waals surface area contributed by atoms with Gasteiger partial charge in [0.15, 0.2) is 5.69 Å². The Morgan fingerprint density at radius 1 is 1.37 bits per heavy atom. The van der Waals surface area contributed by atoms with E-state index in [1.165, 1.54) is 26.1 Å². The van der Waals surface area contributed by atoms with E-state index in [4.69, 9.17) is 4.74 Å². The van der Waals surface area contributed by atoms with Gasteiger partial charge in [-0.2, -0.15) is 0 Å². The van der Waals surface area contributed by atoms with Gasteiger partial charge in [0.1, 0.15) is 5.82 Å². The Labute approximate surface area is 112 Å². The van der Waals surface area contributed by atoms with Gasteiger partial charge in [0.05, 0.1) is 19.5 Å². The van der Waals surface area contributed by atoms with Crippen LogP contribution in [0.2, 0.25) is 0 Å². The van der Waals surface area contributed by atoms with E-state index < -0.39 is 5.97 Å². The fourth-order valence-electron chi connectivity index (χ4n) is 1.92. The lowest BCUT2D eigenvalue weighted by molar-refractivity contribution is 0.0593. The first kappa shape index (κ1) is 13.7. The molecular formula is C13H19N3O3. The Kier molecular flexibility index (Phi) is 4.31. The molecular weight excluding hydrogens is 246 g/mol. The second-order valence-electron chi connectivity index (χ2n) is 4.87. The number of carbonyl (C=O) groups is 1. The molecule has 6 heteroatoms. The topological polar surface area (TPSA) is 73.3 Å². The highest BCUT2D eigenvalue weighted by Gasteiger charge is 2.41. The molecule has 1 aliphatic carbocycles. The van der Waals surface area contributed by atoms with Crippen molar-refractivity contribution in [3.8, 4) is 0 Å². The summed E-state index contributed by atoms with van der Waals surface area (Å²) < 4.78 is 9.69. The maximum Gasteiger partial charge on any atom is 0.358 e. The van der Waals surface area contributed by atoms with Gasteiger partial charge in [0.25, 0.3) is 0 Å². The van der Waals surface area contributed by atoms with E-state index >= 15 is 0 Å². The van der Waals surface area contributed by atoms with E-state index in [-0.39, 0.29) is 5.69 Å². The number of esters is 1. The monoisotopic (exact) mass is 265 g/mol. The van der Waals surface area contributed by atoms with Gasteiger partial charge in [-0.05, 0) is 24.7 Å². The quantitative estimate of drug-likeness (QED) is 0.753. The normalized spacial score (nSPS) is 15.9. The number of carbonyl (C=O) groups excluding carboxylic acids is 1. The number of hydrogen-bond acceptors (Lipinski definition) is 6. The summed E-state index contributed by atoms with van der Waals surface area (Å²) in [7, 11) is 3.04. The number of nitrogens with zero attached hydrogens (tertiary/aromatic N) is 2. The van der Waals surface area contributed by atoms with Crippen LogP contribution in [-0.2, 0) is 9.47 Å². The molecule has 1 N–H and O–H groups in total. The molecule has 0 saturated heterocycles. The van der Waals surface area contributed by atoms with Crippen molar-refractivity contribution >= 4 is 11.8 Å². The molecule has 0 aliphatic heterocycles. The van der Waals surface area contributed by atoms with Gasteiger partial charge in [0.2, 0.25) is 0 Å². The van der Waals surface area contributed by atoms with Gasteiger partial charge < -0.3 is 14.8 Å². The Bertz CT molecular complexity index is 429. The molecule has 6 nitrogen and oxygen atoms in total. The predicted molar refractivity (Wildman–Crippen MR) is 70.0 cm³/mol. The van der Waals surface area contributed by atoms with Crippen molar-refractivity contribution in [1.29, 1.82) is 0 Å². The van der Waals surface area contributed by atoms with Crippen LogP contribution in [0, 0.1) is 5.41 Å². The van der Waals surface area contributed by atoms with Crippen molar-refractivity contribution in [2.45, 2.75) is 19.3 Å². The second kappa shape index (κ2) is 5.97. The SMILES string of the molecule is COCCC1(CNc2cnc(C(=O)OC)cn2)CC1. The third kappa shape index (κ3) is 3.64. The number of nitrogens with one attached hydrogen (secondary N) is 1. The predicted octanol–water partition coefficient (Wildman–Crippen LogP) is 1.49. The highest BCUT2D eigenvalue weighted by molar-refractivity contribution is 5.86. The number of aromatic nitrogens is 2. The van der Waals surface area contributed by atoms with Crippen LogP contribution in [-0.4, -0.2) is 43.3 Å². The Morgan fingerprint density at radius 2 is 2.16 bits per heavy atom. The number of rotatable bonds is 7. The van der Waals surface area contributed by atoms with Crippen LogP contribution in [0.4, 0.5) is 5.82 Å². The molecule has 0 aromatic carbocycles. The highest BCUT2D eigenvalue weighted by Crippen LogP contribution is 2.48. The standard InChI is InChI=1S/C13H19N3O3/c1-18-6-5-13(3-4-13)9-16-11-8-14-10(7-15-11)12(17)19-2/h7-8H,3-6,9H2,1-2H3,(H,15,16). The van der Waals surface area contributed by atoms with E-state index in [1.807, 2.05) is 0 Å². The van der Waals surface area contributed by atoms with Crippen LogP contribution < -0.4 is 5.32 Å². The van der Waals surface area contributed by atoms with E-state index in [0.29, 0.717) is 11.2 Å². The van der Waals surface area contributed by atoms with Crippen molar-refractivity contribution in [2.24, 2.45) is 5.41 Å². The first-order valence-electron chi connectivity index (χ1n) is 6.32. The lowest BCUT2D eigenvalue weighted by Gasteiger charge is -2.15. The van der Waals surface area contributed by atoms with Crippen LogP contribution in [0.1, 0.15) is 29.8 Å². The summed E-state index contributed by atoms with van der Waals surface area (Å²) in [4.78, 5) is 19.4. The summed E-state index contributed by atoms with van der Waals surface area (Å²) in [5.74, 6) is 0.203. The van der Waals surface area contributed by atoms with Crippen molar-refractivity contribution in [3.63, 3.8) is 0 Å². The van der Waals surface area contributed by atoms with Crippen LogP contribution in [0.15, 0.2) is 12.4 Å². The summed E-state index contributed by atoms with van der Waals surface area (Å²) in [5, 5.41) is 3.26. The van der Waals surface area contributed by atoms with Crippen molar-refractivity contribution < 1.29 is 14.3 Å². The van der Waals surface area contributed by atoms with Gasteiger partial charge in [-0.25, -0.2) is 14.8 Å². The zero-order valence-corrected chi connectivity index (χ0v) is 11.3. The molecule has 2 rings (SSSR count). The van der Waals surface area contributed by atoms with E-state index in [2.05, 4.69) is 20.0 Å². The summed E-state index contributed by atoms with van der Waals surface area (Å²) in [6.45, 7) is 1.65. The molecule has 0 amide bonds. The minimum atomic E-state index is -0.474. The van der Waals surface area contributed by atoms with Gasteiger partial charge in [-0.15, -0.1) is 0 Å². The van der Waals surface area contributed by atoms with Crippen LogP contribution in [0.5, 0.6) is 0 Å². The zero-order chi connectivity index (χ0) is 13.7. The molecule has 1 fully saturated rings. The third-order valence-corrected chi connectivity index (χ3v) is 3.48. The molecule has 104 valence electrons. The van der Waals surface area contributed by atoms with Gasteiger partial charge in [-0.3, -0.25) is 0 Å². The van der Waals surface area contributed by atoms with Crippen LogP contribution >= 0.6 is 0 Å². The maximum absolute atomic E-state index is 11.2. The first-order chi connectivity index (χ1) is 9.19. The molecule has 0 spiro atoms. The molecule has 0 bridgehead atoms. The minimum Gasteiger partial charge on any atom is -0.464 e. The van der Waals surface area contributed by atoms with E-state index in [1.54, 1.807) is 13.3 Å². The fourth-order valence-corrected chi connectivity index (χ4v) is 1.92. The number of ether oxygens (including phenoxy) is 2. The Morgan fingerprint density at radius 3 is 2.68 bits per heavy atom. The number of hydrogen-bond donors (Lipinski definition) is 1. The first-order valence-corrected chi connectivity index (χ1v) is 6.32.